The molecular formula is C34H48BrFO3. The van der Waals surface area contributed by atoms with Crippen LogP contribution in [0.3, 0.4) is 0 Å². The van der Waals surface area contributed by atoms with Crippen LogP contribution in [0.15, 0.2) is 46.9 Å². The Morgan fingerprint density at radius 2 is 1.46 bits per heavy atom. The van der Waals surface area contributed by atoms with E-state index in [1.54, 1.807) is 0 Å². The number of hydrogen-bond donors (Lipinski definition) is 0. The van der Waals surface area contributed by atoms with Crippen LogP contribution in [0.4, 0.5) is 4.39 Å². The molecule has 0 heterocycles. The van der Waals surface area contributed by atoms with Gasteiger partial charge in [-0.25, -0.2) is 9.18 Å². The maximum atomic E-state index is 14.0. The minimum absolute atomic E-state index is 0.151. The van der Waals surface area contributed by atoms with Crippen molar-refractivity contribution in [3.63, 3.8) is 0 Å². The second kappa shape index (κ2) is 17.7. The minimum atomic E-state index is -1.48. The van der Waals surface area contributed by atoms with Crippen LogP contribution in [-0.2, 0) is 9.53 Å². The number of hydrogen-bond acceptors (Lipinski definition) is 3. The normalized spacial score (nSPS) is 18.1. The summed E-state index contributed by atoms with van der Waals surface area (Å²) in [5.74, 6) is 0.682. The molecule has 1 aliphatic rings. The lowest BCUT2D eigenvalue weighted by atomic mass is 9.82. The molecule has 0 spiro atoms. The summed E-state index contributed by atoms with van der Waals surface area (Å²) in [4.78, 5) is 12.0. The highest BCUT2D eigenvalue weighted by atomic mass is 79.9. The van der Waals surface area contributed by atoms with Crippen molar-refractivity contribution in [2.45, 2.75) is 128 Å². The molecule has 1 fully saturated rings. The predicted octanol–water partition coefficient (Wildman–Crippen LogP) is 10.7. The van der Waals surface area contributed by atoms with E-state index in [1.165, 1.54) is 56.1 Å². The van der Waals surface area contributed by atoms with Crippen LogP contribution in [0, 0.1) is 0 Å². The fourth-order valence-electron chi connectivity index (χ4n) is 5.42. The summed E-state index contributed by atoms with van der Waals surface area (Å²) in [5.41, 5.74) is 3.66. The molecular weight excluding hydrogens is 555 g/mol. The Balaban J connectivity index is 1.41. The van der Waals surface area contributed by atoms with Crippen molar-refractivity contribution in [3.8, 4) is 16.9 Å². The average molecular weight is 604 g/mol. The summed E-state index contributed by atoms with van der Waals surface area (Å²) in [6, 6.07) is 15.1. The molecule has 2 aromatic rings. The van der Waals surface area contributed by atoms with Gasteiger partial charge in [0.25, 0.3) is 0 Å². The van der Waals surface area contributed by atoms with E-state index in [9.17, 15) is 9.18 Å². The monoisotopic (exact) mass is 602 g/mol. The van der Waals surface area contributed by atoms with E-state index in [1.807, 2.05) is 6.92 Å². The predicted molar refractivity (Wildman–Crippen MR) is 163 cm³/mol. The highest BCUT2D eigenvalue weighted by Gasteiger charge is 2.27. The Morgan fingerprint density at radius 1 is 0.846 bits per heavy atom. The number of rotatable bonds is 17. The van der Waals surface area contributed by atoms with Crippen LogP contribution >= 0.6 is 15.9 Å². The van der Waals surface area contributed by atoms with Crippen LogP contribution < -0.4 is 4.74 Å². The molecule has 3 rings (SSSR count). The van der Waals surface area contributed by atoms with Crippen LogP contribution in [0.25, 0.3) is 11.1 Å². The fourth-order valence-corrected chi connectivity index (χ4v) is 5.91. The Kier molecular flexibility index (Phi) is 14.4. The Morgan fingerprint density at radius 3 is 2.10 bits per heavy atom. The summed E-state index contributed by atoms with van der Waals surface area (Å²) >= 11 is 3.70. The number of benzene rings is 2. The minimum Gasteiger partial charge on any atom is -0.492 e. The highest BCUT2D eigenvalue weighted by Crippen LogP contribution is 2.36. The summed E-state index contributed by atoms with van der Waals surface area (Å²) < 4.78 is 26.4. The van der Waals surface area contributed by atoms with Gasteiger partial charge in [-0.2, -0.15) is 0 Å². The number of alkyl halides is 1. The molecule has 5 heteroatoms. The number of unbranched alkanes of at least 4 members (excludes halogenated alkanes) is 8. The van der Waals surface area contributed by atoms with Crippen molar-refractivity contribution in [3.05, 3.63) is 52.5 Å². The van der Waals surface area contributed by atoms with Crippen molar-refractivity contribution in [1.29, 1.82) is 0 Å². The molecule has 3 nitrogen and oxygen atoms in total. The van der Waals surface area contributed by atoms with Gasteiger partial charge in [-0.15, -0.1) is 0 Å². The SMILES string of the molecule is CCCCCCCCCCOc1ccc(-c2ccc(C3CCC(OC(=O)[C@@H](F)CCCC)CC3)cc2)cc1Br. The van der Waals surface area contributed by atoms with E-state index in [0.717, 1.165) is 60.9 Å². The van der Waals surface area contributed by atoms with Gasteiger partial charge in [0.15, 0.2) is 6.17 Å². The molecule has 0 N–H and O–H groups in total. The maximum absolute atomic E-state index is 14.0. The third-order valence-corrected chi connectivity index (χ3v) is 8.55. The van der Waals surface area contributed by atoms with E-state index in [-0.39, 0.29) is 12.5 Å². The molecule has 0 unspecified atom stereocenters. The van der Waals surface area contributed by atoms with Crippen LogP contribution in [0.1, 0.15) is 122 Å². The zero-order chi connectivity index (χ0) is 27.9. The molecule has 216 valence electrons. The topological polar surface area (TPSA) is 35.5 Å². The van der Waals surface area contributed by atoms with Gasteiger partial charge in [0.05, 0.1) is 11.1 Å². The molecule has 39 heavy (non-hydrogen) atoms. The highest BCUT2D eigenvalue weighted by molar-refractivity contribution is 9.10. The molecule has 0 bridgehead atoms. The van der Waals surface area contributed by atoms with Gasteiger partial charge in [0, 0.05) is 0 Å². The fraction of sp³-hybridized carbons (Fsp3) is 0.618. The smallest absolute Gasteiger partial charge is 0.340 e. The second-order valence-electron chi connectivity index (χ2n) is 11.1. The van der Waals surface area contributed by atoms with Gasteiger partial charge in [-0.1, -0.05) is 102 Å². The third kappa shape index (κ3) is 10.9. The molecule has 0 aromatic heterocycles. The van der Waals surface area contributed by atoms with Gasteiger partial charge >= 0.3 is 5.97 Å². The first kappa shape index (κ1) is 31.6. The molecule has 1 atom stereocenters. The first-order chi connectivity index (χ1) is 19.0. The lowest BCUT2D eigenvalue weighted by Crippen LogP contribution is -2.28. The van der Waals surface area contributed by atoms with Gasteiger partial charge in [-0.05, 0) is 89.2 Å². The lowest BCUT2D eigenvalue weighted by molar-refractivity contribution is -0.157. The first-order valence-electron chi connectivity index (χ1n) is 15.4. The van der Waals surface area contributed by atoms with Gasteiger partial charge in [0.1, 0.15) is 11.9 Å². The van der Waals surface area contributed by atoms with Crippen LogP contribution in [-0.4, -0.2) is 24.9 Å². The zero-order valence-electron chi connectivity index (χ0n) is 24.1. The van der Waals surface area contributed by atoms with E-state index in [2.05, 4.69) is 65.3 Å². The first-order valence-corrected chi connectivity index (χ1v) is 16.2. The Bertz CT molecular complexity index is 969. The van der Waals surface area contributed by atoms with Crippen molar-refractivity contribution in [2.24, 2.45) is 0 Å². The van der Waals surface area contributed by atoms with E-state index < -0.39 is 12.1 Å². The molecule has 1 saturated carbocycles. The van der Waals surface area contributed by atoms with Crippen molar-refractivity contribution in [1.82, 2.24) is 0 Å². The number of ether oxygens (including phenoxy) is 2. The summed E-state index contributed by atoms with van der Waals surface area (Å²) in [7, 11) is 0. The summed E-state index contributed by atoms with van der Waals surface area (Å²) in [6.07, 6.45) is 14.1. The number of carbonyl (C=O) groups excluding carboxylic acids is 1. The van der Waals surface area contributed by atoms with Crippen LogP contribution in [0.2, 0.25) is 0 Å². The standard InChI is InChI=1S/C34H48BrFO3/c1-3-5-7-8-9-10-11-12-24-38-33-23-20-29(25-31(33)35)28-16-14-26(15-17-28)27-18-21-30(22-19-27)39-34(37)32(36)13-6-4-2/h14-17,20,23,25,27,30,32H,3-13,18-19,21-22,24H2,1-2H3/t27?,30?,32-/m0/s1. The van der Waals surface area contributed by atoms with Gasteiger partial charge in [0.2, 0.25) is 0 Å². The average Bonchev–Trinajstić information content (AvgIpc) is 2.96. The van der Waals surface area contributed by atoms with Crippen molar-refractivity contribution < 1.29 is 18.7 Å². The Hall–Kier alpha value is -1.88. The summed E-state index contributed by atoms with van der Waals surface area (Å²) in [5, 5.41) is 0. The molecule has 0 saturated heterocycles. The lowest BCUT2D eigenvalue weighted by Gasteiger charge is -2.29. The van der Waals surface area contributed by atoms with Gasteiger partial charge in [-0.3, -0.25) is 0 Å². The third-order valence-electron chi connectivity index (χ3n) is 7.93. The quantitative estimate of drug-likeness (QED) is 0.133. The van der Waals surface area contributed by atoms with Crippen molar-refractivity contribution >= 4 is 21.9 Å². The van der Waals surface area contributed by atoms with Gasteiger partial charge < -0.3 is 9.47 Å². The molecule has 1 aliphatic carbocycles. The largest absolute Gasteiger partial charge is 0.492 e. The Labute approximate surface area is 244 Å². The molecule has 0 amide bonds. The van der Waals surface area contributed by atoms with E-state index >= 15 is 0 Å². The van der Waals surface area contributed by atoms with E-state index in [0.29, 0.717) is 12.3 Å². The molecule has 0 aliphatic heterocycles. The number of esters is 1. The number of carbonyl (C=O) groups is 1. The number of halogens is 2. The summed E-state index contributed by atoms with van der Waals surface area (Å²) in [6.45, 7) is 5.01. The second-order valence-corrected chi connectivity index (χ2v) is 12.0. The van der Waals surface area contributed by atoms with Crippen LogP contribution in [0.5, 0.6) is 5.75 Å². The maximum Gasteiger partial charge on any atom is 0.340 e. The van der Waals surface area contributed by atoms with E-state index in [4.69, 9.17) is 9.47 Å². The molecule has 0 radical (unpaired) electrons. The molecule has 2 aromatic carbocycles. The zero-order valence-corrected chi connectivity index (χ0v) is 25.7. The van der Waals surface area contributed by atoms with Crippen molar-refractivity contribution in [2.75, 3.05) is 6.61 Å².